The Morgan fingerprint density at radius 1 is 1.15 bits per heavy atom. The largest absolute Gasteiger partial charge is 0.496 e. The first-order chi connectivity index (χ1) is 9.43. The van der Waals surface area contributed by atoms with Crippen LogP contribution >= 0.6 is 27.5 Å². The zero-order valence-electron chi connectivity index (χ0n) is 10.9. The Kier molecular flexibility index (Phi) is 4.66. The van der Waals surface area contributed by atoms with Crippen LogP contribution in [0.15, 0.2) is 34.8 Å². The highest BCUT2D eigenvalue weighted by Gasteiger charge is 2.20. The van der Waals surface area contributed by atoms with E-state index in [0.29, 0.717) is 16.9 Å². The normalized spacial score (nSPS) is 12.3. The molecule has 20 heavy (non-hydrogen) atoms. The molecule has 0 amide bonds. The predicted molar refractivity (Wildman–Crippen MR) is 79.5 cm³/mol. The van der Waals surface area contributed by atoms with Crippen LogP contribution in [0.1, 0.15) is 22.1 Å². The van der Waals surface area contributed by atoms with Crippen LogP contribution in [0.2, 0.25) is 0 Å². The van der Waals surface area contributed by atoms with E-state index >= 15 is 0 Å². The summed E-state index contributed by atoms with van der Waals surface area (Å²) < 4.78 is 32.4. The van der Waals surface area contributed by atoms with Gasteiger partial charge in [0.1, 0.15) is 17.4 Å². The van der Waals surface area contributed by atoms with Gasteiger partial charge >= 0.3 is 0 Å². The summed E-state index contributed by atoms with van der Waals surface area (Å²) in [4.78, 5) is 0. The van der Waals surface area contributed by atoms with Gasteiger partial charge in [-0.15, -0.1) is 11.6 Å². The van der Waals surface area contributed by atoms with Crippen molar-refractivity contribution in [2.45, 2.75) is 12.3 Å². The second kappa shape index (κ2) is 6.10. The molecule has 1 nitrogen and oxygen atoms in total. The number of benzene rings is 2. The Hall–Kier alpha value is -1.13. The van der Waals surface area contributed by atoms with Gasteiger partial charge in [-0.2, -0.15) is 0 Å². The zero-order valence-corrected chi connectivity index (χ0v) is 13.2. The molecular weight excluding hydrogens is 350 g/mol. The van der Waals surface area contributed by atoms with Gasteiger partial charge < -0.3 is 4.74 Å². The van der Waals surface area contributed by atoms with Crippen LogP contribution in [0.3, 0.4) is 0 Å². The molecule has 2 rings (SSSR count). The van der Waals surface area contributed by atoms with E-state index in [0.717, 1.165) is 5.56 Å². The van der Waals surface area contributed by atoms with E-state index in [1.807, 2.05) is 6.92 Å². The van der Waals surface area contributed by atoms with Crippen molar-refractivity contribution in [3.63, 3.8) is 0 Å². The molecule has 0 aliphatic heterocycles. The first kappa shape index (κ1) is 15.3. The van der Waals surface area contributed by atoms with Crippen LogP contribution in [-0.2, 0) is 0 Å². The first-order valence-electron chi connectivity index (χ1n) is 5.87. The minimum absolute atomic E-state index is 0.285. The zero-order chi connectivity index (χ0) is 14.9. The molecule has 1 unspecified atom stereocenters. The number of halogens is 4. The van der Waals surface area contributed by atoms with Crippen molar-refractivity contribution in [2.24, 2.45) is 0 Å². The highest BCUT2D eigenvalue weighted by atomic mass is 79.9. The van der Waals surface area contributed by atoms with Crippen molar-refractivity contribution in [3.05, 3.63) is 63.1 Å². The summed E-state index contributed by atoms with van der Waals surface area (Å²) in [5, 5.41) is -0.627. The second-order valence-corrected chi connectivity index (χ2v) is 5.66. The quantitative estimate of drug-likeness (QED) is 0.668. The molecule has 0 aromatic heterocycles. The molecule has 2 aromatic carbocycles. The molecule has 0 saturated carbocycles. The molecule has 0 saturated heterocycles. The number of rotatable bonds is 3. The summed E-state index contributed by atoms with van der Waals surface area (Å²) in [7, 11) is 1.44. The van der Waals surface area contributed by atoms with Gasteiger partial charge in [0.15, 0.2) is 0 Å². The molecule has 0 aliphatic carbocycles. The third-order valence-electron chi connectivity index (χ3n) is 3.06. The lowest BCUT2D eigenvalue weighted by Crippen LogP contribution is -2.01. The fourth-order valence-electron chi connectivity index (χ4n) is 1.97. The van der Waals surface area contributed by atoms with Gasteiger partial charge in [-0.05, 0) is 52.2 Å². The van der Waals surface area contributed by atoms with Crippen LogP contribution in [-0.4, -0.2) is 7.11 Å². The molecule has 0 N–H and O–H groups in total. The van der Waals surface area contributed by atoms with E-state index in [1.165, 1.54) is 25.3 Å². The Labute approximate surface area is 129 Å². The molecular formula is C15H12BrClF2O. The molecule has 0 heterocycles. The van der Waals surface area contributed by atoms with Gasteiger partial charge in [0, 0.05) is 11.6 Å². The molecule has 5 heteroatoms. The third-order valence-corrected chi connectivity index (χ3v) is 4.14. The Morgan fingerprint density at radius 2 is 1.85 bits per heavy atom. The van der Waals surface area contributed by atoms with Crippen LogP contribution in [0.4, 0.5) is 8.78 Å². The number of ether oxygens (including phenoxy) is 1. The van der Waals surface area contributed by atoms with Crippen LogP contribution < -0.4 is 4.74 Å². The molecule has 0 spiro atoms. The smallest absolute Gasteiger partial charge is 0.141 e. The topological polar surface area (TPSA) is 9.23 Å². The summed E-state index contributed by atoms with van der Waals surface area (Å²) in [6.07, 6.45) is 0. The van der Waals surface area contributed by atoms with Gasteiger partial charge in [0.05, 0.1) is 17.0 Å². The number of aryl methyl sites for hydroxylation is 1. The standard InChI is InChI=1S/C15H12BrClF2O/c1-8-3-4-9(18)5-10(8)15(17)11-6-12(16)13(19)7-14(11)20-2/h3-7,15H,1-2H3. The fraction of sp³-hybridized carbons (Fsp3) is 0.200. The van der Waals surface area contributed by atoms with E-state index in [1.54, 1.807) is 12.1 Å². The van der Waals surface area contributed by atoms with E-state index in [9.17, 15) is 8.78 Å². The SMILES string of the molecule is COc1cc(F)c(Br)cc1C(Cl)c1cc(F)ccc1C. The predicted octanol–water partition coefficient (Wildman–Crippen LogP) is 5.37. The molecule has 0 fully saturated rings. The van der Waals surface area contributed by atoms with Gasteiger partial charge in [0.25, 0.3) is 0 Å². The Balaban J connectivity index is 2.55. The van der Waals surface area contributed by atoms with Crippen molar-refractivity contribution in [1.29, 1.82) is 0 Å². The molecule has 1 atom stereocenters. The summed E-state index contributed by atoms with van der Waals surface area (Å²) in [5.41, 5.74) is 2.06. The van der Waals surface area contributed by atoms with Crippen molar-refractivity contribution >= 4 is 27.5 Å². The van der Waals surface area contributed by atoms with E-state index in [4.69, 9.17) is 16.3 Å². The number of methoxy groups -OCH3 is 1. The Morgan fingerprint density at radius 3 is 2.50 bits per heavy atom. The van der Waals surface area contributed by atoms with Crippen LogP contribution in [0.5, 0.6) is 5.75 Å². The molecule has 0 aliphatic rings. The van der Waals surface area contributed by atoms with Crippen molar-refractivity contribution in [2.75, 3.05) is 7.11 Å². The van der Waals surface area contributed by atoms with E-state index in [2.05, 4.69) is 15.9 Å². The average Bonchev–Trinajstić information content (AvgIpc) is 2.43. The van der Waals surface area contributed by atoms with E-state index < -0.39 is 11.2 Å². The molecule has 106 valence electrons. The summed E-state index contributed by atoms with van der Waals surface area (Å²) in [6, 6.07) is 7.22. The van der Waals surface area contributed by atoms with Crippen LogP contribution in [0, 0.1) is 18.6 Å². The van der Waals surface area contributed by atoms with Gasteiger partial charge in [0.2, 0.25) is 0 Å². The van der Waals surface area contributed by atoms with Gasteiger partial charge in [-0.25, -0.2) is 8.78 Å². The third kappa shape index (κ3) is 2.96. The maximum Gasteiger partial charge on any atom is 0.141 e. The van der Waals surface area contributed by atoms with Crippen LogP contribution in [0.25, 0.3) is 0 Å². The monoisotopic (exact) mass is 360 g/mol. The minimum Gasteiger partial charge on any atom is -0.496 e. The molecule has 0 radical (unpaired) electrons. The second-order valence-electron chi connectivity index (χ2n) is 4.37. The van der Waals surface area contributed by atoms with E-state index in [-0.39, 0.29) is 10.3 Å². The minimum atomic E-state index is -0.627. The average molecular weight is 362 g/mol. The molecule has 0 bridgehead atoms. The van der Waals surface area contributed by atoms with Gasteiger partial charge in [-0.3, -0.25) is 0 Å². The summed E-state index contributed by atoms with van der Waals surface area (Å²) in [6.45, 7) is 1.84. The van der Waals surface area contributed by atoms with Crippen molar-refractivity contribution in [1.82, 2.24) is 0 Å². The number of hydrogen-bond acceptors (Lipinski definition) is 1. The lowest BCUT2D eigenvalue weighted by molar-refractivity contribution is 0.406. The van der Waals surface area contributed by atoms with Gasteiger partial charge in [-0.1, -0.05) is 6.07 Å². The number of alkyl halides is 1. The van der Waals surface area contributed by atoms with Crippen molar-refractivity contribution in [3.8, 4) is 5.75 Å². The highest BCUT2D eigenvalue weighted by Crippen LogP contribution is 2.39. The number of hydrogen-bond donors (Lipinski definition) is 0. The van der Waals surface area contributed by atoms with Crippen molar-refractivity contribution < 1.29 is 13.5 Å². The fourth-order valence-corrected chi connectivity index (χ4v) is 2.74. The lowest BCUT2D eigenvalue weighted by Gasteiger charge is -2.17. The molecule has 2 aromatic rings. The maximum absolute atomic E-state index is 13.5. The highest BCUT2D eigenvalue weighted by molar-refractivity contribution is 9.10. The summed E-state index contributed by atoms with van der Waals surface area (Å²) in [5.74, 6) is -0.476. The summed E-state index contributed by atoms with van der Waals surface area (Å²) >= 11 is 9.55. The first-order valence-corrected chi connectivity index (χ1v) is 7.10. The lowest BCUT2D eigenvalue weighted by atomic mass is 9.99. The Bertz CT molecular complexity index is 646. The maximum atomic E-state index is 13.5.